The van der Waals surface area contributed by atoms with Crippen LogP contribution in [0.5, 0.6) is 11.5 Å². The van der Waals surface area contributed by atoms with Crippen molar-refractivity contribution in [3.63, 3.8) is 0 Å². The number of aromatic nitrogens is 1. The summed E-state index contributed by atoms with van der Waals surface area (Å²) in [6.45, 7) is -0.0458. The molecule has 1 heterocycles. The van der Waals surface area contributed by atoms with Crippen LogP contribution in [0.4, 0.5) is 16.5 Å². The number of amides is 1. The van der Waals surface area contributed by atoms with Crippen molar-refractivity contribution >= 4 is 33.8 Å². The Kier molecular flexibility index (Phi) is 6.44. The van der Waals surface area contributed by atoms with E-state index in [-0.39, 0.29) is 12.5 Å². The van der Waals surface area contributed by atoms with Crippen molar-refractivity contribution in [1.82, 2.24) is 4.98 Å². The Morgan fingerprint density at radius 3 is 2.48 bits per heavy atom. The quantitative estimate of drug-likeness (QED) is 0.381. The monoisotopic (exact) mass is 431 g/mol. The lowest BCUT2D eigenvalue weighted by Crippen LogP contribution is -2.20. The minimum absolute atomic E-state index is 0.0458. The average Bonchev–Trinajstić information content (AvgIpc) is 3.28. The molecule has 31 heavy (non-hydrogen) atoms. The zero-order valence-electron chi connectivity index (χ0n) is 16.9. The Morgan fingerprint density at radius 1 is 0.968 bits per heavy atom. The lowest BCUT2D eigenvalue weighted by molar-refractivity contribution is -0.118. The Bertz CT molecular complexity index is 1140. The van der Waals surface area contributed by atoms with E-state index >= 15 is 0 Å². The molecule has 0 fully saturated rings. The second-order valence-corrected chi connectivity index (χ2v) is 7.45. The van der Waals surface area contributed by atoms with Crippen LogP contribution in [0.3, 0.4) is 0 Å². The molecule has 0 unspecified atom stereocenters. The van der Waals surface area contributed by atoms with Crippen LogP contribution < -0.4 is 20.1 Å². The molecule has 0 spiro atoms. The summed E-state index contributed by atoms with van der Waals surface area (Å²) in [5.41, 5.74) is 3.38. The summed E-state index contributed by atoms with van der Waals surface area (Å²) in [5, 5.41) is 8.88. The van der Waals surface area contributed by atoms with Crippen molar-refractivity contribution < 1.29 is 14.3 Å². The van der Waals surface area contributed by atoms with E-state index in [1.165, 1.54) is 11.3 Å². The topological polar surface area (TPSA) is 72.5 Å². The van der Waals surface area contributed by atoms with Gasteiger partial charge in [-0.1, -0.05) is 42.5 Å². The van der Waals surface area contributed by atoms with E-state index in [1.54, 1.807) is 7.11 Å². The molecule has 0 saturated carbocycles. The fraction of sp³-hybridized carbons (Fsp3) is 0.0833. The second kappa shape index (κ2) is 9.77. The van der Waals surface area contributed by atoms with E-state index in [2.05, 4.69) is 15.6 Å². The van der Waals surface area contributed by atoms with Gasteiger partial charge in [-0.05, 0) is 36.4 Å². The predicted molar refractivity (Wildman–Crippen MR) is 124 cm³/mol. The number of carbonyl (C=O) groups excluding carboxylic acids is 1. The third-order valence-corrected chi connectivity index (χ3v) is 5.19. The van der Waals surface area contributed by atoms with Crippen LogP contribution in [0.15, 0.2) is 84.2 Å². The van der Waals surface area contributed by atoms with Crippen LogP contribution in [-0.2, 0) is 4.79 Å². The molecule has 0 atom stereocenters. The summed E-state index contributed by atoms with van der Waals surface area (Å²) in [6.07, 6.45) is 0. The number of para-hydroxylation sites is 3. The molecule has 4 aromatic rings. The Balaban J connectivity index is 1.35. The molecule has 0 aliphatic rings. The second-order valence-electron chi connectivity index (χ2n) is 6.59. The van der Waals surface area contributed by atoms with Gasteiger partial charge < -0.3 is 20.1 Å². The molecule has 2 N–H and O–H groups in total. The number of anilines is 3. The molecule has 0 aliphatic carbocycles. The van der Waals surface area contributed by atoms with E-state index in [1.807, 2.05) is 84.2 Å². The largest absolute Gasteiger partial charge is 0.495 e. The van der Waals surface area contributed by atoms with E-state index in [0.29, 0.717) is 11.4 Å². The maximum absolute atomic E-state index is 12.1. The van der Waals surface area contributed by atoms with Gasteiger partial charge in [0, 0.05) is 16.6 Å². The van der Waals surface area contributed by atoms with E-state index in [4.69, 9.17) is 9.47 Å². The van der Waals surface area contributed by atoms with Crippen molar-refractivity contribution in [2.24, 2.45) is 0 Å². The van der Waals surface area contributed by atoms with E-state index in [0.717, 1.165) is 27.8 Å². The zero-order chi connectivity index (χ0) is 21.5. The first-order valence-electron chi connectivity index (χ1n) is 9.65. The van der Waals surface area contributed by atoms with Crippen LogP contribution >= 0.6 is 11.3 Å². The number of carbonyl (C=O) groups is 1. The molecule has 1 aromatic heterocycles. The Labute approximate surface area is 184 Å². The summed E-state index contributed by atoms with van der Waals surface area (Å²) in [7, 11) is 1.64. The summed E-state index contributed by atoms with van der Waals surface area (Å²) < 4.78 is 10.8. The van der Waals surface area contributed by atoms with E-state index < -0.39 is 0 Å². The van der Waals surface area contributed by atoms with Gasteiger partial charge in [0.15, 0.2) is 11.7 Å². The van der Waals surface area contributed by atoms with Gasteiger partial charge in [-0.25, -0.2) is 4.98 Å². The van der Waals surface area contributed by atoms with Gasteiger partial charge in [-0.3, -0.25) is 4.79 Å². The summed E-state index contributed by atoms with van der Waals surface area (Å²) in [4.78, 5) is 16.8. The highest BCUT2D eigenvalue weighted by molar-refractivity contribution is 7.14. The highest BCUT2D eigenvalue weighted by Gasteiger charge is 2.09. The third kappa shape index (κ3) is 5.40. The minimum Gasteiger partial charge on any atom is -0.495 e. The molecule has 3 aromatic carbocycles. The first-order chi connectivity index (χ1) is 15.2. The lowest BCUT2D eigenvalue weighted by atomic mass is 10.1. The number of benzene rings is 3. The number of nitrogens with zero attached hydrogens (tertiary/aromatic N) is 1. The van der Waals surface area contributed by atoms with Gasteiger partial charge in [0.1, 0.15) is 11.5 Å². The van der Waals surface area contributed by atoms with Crippen LogP contribution in [0.1, 0.15) is 0 Å². The standard InChI is InChI=1S/C24H21N3O3S/c1-29-22-10-6-5-9-20(22)26-24-27-21(16-31-24)17-11-13-18(14-12-17)25-23(28)15-30-19-7-3-2-4-8-19/h2-14,16H,15H2,1H3,(H,25,28)(H,26,27). The van der Waals surface area contributed by atoms with Gasteiger partial charge in [0.25, 0.3) is 5.91 Å². The van der Waals surface area contributed by atoms with E-state index in [9.17, 15) is 4.79 Å². The van der Waals surface area contributed by atoms with Gasteiger partial charge in [-0.15, -0.1) is 11.3 Å². The molecule has 1 amide bonds. The van der Waals surface area contributed by atoms with Crippen molar-refractivity contribution in [3.05, 3.63) is 84.2 Å². The Morgan fingerprint density at radius 2 is 1.71 bits per heavy atom. The smallest absolute Gasteiger partial charge is 0.262 e. The molecular formula is C24H21N3O3S. The number of nitrogens with one attached hydrogen (secondary N) is 2. The number of hydrogen-bond donors (Lipinski definition) is 2. The highest BCUT2D eigenvalue weighted by atomic mass is 32.1. The molecule has 0 bridgehead atoms. The van der Waals surface area contributed by atoms with Crippen molar-refractivity contribution in [2.45, 2.75) is 0 Å². The van der Waals surface area contributed by atoms with Crippen molar-refractivity contribution in [1.29, 1.82) is 0 Å². The number of hydrogen-bond acceptors (Lipinski definition) is 6. The molecule has 156 valence electrons. The maximum atomic E-state index is 12.1. The highest BCUT2D eigenvalue weighted by Crippen LogP contribution is 2.31. The molecular weight excluding hydrogens is 410 g/mol. The number of thiazole rings is 1. The summed E-state index contributed by atoms with van der Waals surface area (Å²) in [5.74, 6) is 1.21. The lowest BCUT2D eigenvalue weighted by Gasteiger charge is -2.08. The fourth-order valence-corrected chi connectivity index (χ4v) is 3.65. The molecule has 4 rings (SSSR count). The molecule has 0 saturated heterocycles. The van der Waals surface area contributed by atoms with Gasteiger partial charge in [-0.2, -0.15) is 0 Å². The molecule has 0 radical (unpaired) electrons. The van der Waals surface area contributed by atoms with Crippen molar-refractivity contribution in [3.8, 4) is 22.8 Å². The normalized spacial score (nSPS) is 10.4. The first-order valence-corrected chi connectivity index (χ1v) is 10.5. The number of ether oxygens (including phenoxy) is 2. The third-order valence-electron chi connectivity index (χ3n) is 4.43. The predicted octanol–water partition coefficient (Wildman–Crippen LogP) is 5.58. The van der Waals surface area contributed by atoms with Crippen LogP contribution in [0.2, 0.25) is 0 Å². The average molecular weight is 432 g/mol. The molecule has 7 heteroatoms. The SMILES string of the molecule is COc1ccccc1Nc1nc(-c2ccc(NC(=O)COc3ccccc3)cc2)cs1. The summed E-state index contributed by atoms with van der Waals surface area (Å²) in [6, 6.07) is 24.5. The molecule has 0 aliphatic heterocycles. The first kappa shape index (κ1) is 20.4. The van der Waals surface area contributed by atoms with Gasteiger partial charge in [0.05, 0.1) is 18.5 Å². The van der Waals surface area contributed by atoms with Gasteiger partial charge >= 0.3 is 0 Å². The minimum atomic E-state index is -0.214. The van der Waals surface area contributed by atoms with Crippen LogP contribution in [0, 0.1) is 0 Å². The molecule has 6 nitrogen and oxygen atoms in total. The Hall–Kier alpha value is -3.84. The van der Waals surface area contributed by atoms with Gasteiger partial charge in [0.2, 0.25) is 0 Å². The van der Waals surface area contributed by atoms with Crippen LogP contribution in [-0.4, -0.2) is 24.6 Å². The fourth-order valence-electron chi connectivity index (χ4n) is 2.91. The summed E-state index contributed by atoms with van der Waals surface area (Å²) >= 11 is 1.51. The number of rotatable bonds is 8. The number of methoxy groups -OCH3 is 1. The van der Waals surface area contributed by atoms with Crippen molar-refractivity contribution in [2.75, 3.05) is 24.4 Å². The maximum Gasteiger partial charge on any atom is 0.262 e. The van der Waals surface area contributed by atoms with Crippen LogP contribution in [0.25, 0.3) is 11.3 Å². The zero-order valence-corrected chi connectivity index (χ0v) is 17.7.